The van der Waals surface area contributed by atoms with Crippen molar-refractivity contribution in [3.8, 4) is 0 Å². The maximum atomic E-state index is 11.8. The van der Waals surface area contributed by atoms with Crippen molar-refractivity contribution in [1.82, 2.24) is 0 Å². The lowest BCUT2D eigenvalue weighted by Gasteiger charge is -2.05. The number of rotatable bonds is 4. The number of aryl methyl sites for hydroxylation is 1. The highest BCUT2D eigenvalue weighted by Crippen LogP contribution is 2.15. The molecule has 0 amide bonds. The van der Waals surface area contributed by atoms with Crippen LogP contribution >= 0.6 is 0 Å². The molecule has 0 spiro atoms. The summed E-state index contributed by atoms with van der Waals surface area (Å²) in [5.41, 5.74) is 1.63. The molecule has 1 heterocycles. The monoisotopic (exact) mass is 256 g/mol. The van der Waals surface area contributed by atoms with Crippen molar-refractivity contribution in [3.63, 3.8) is 0 Å². The second-order valence-corrected chi connectivity index (χ2v) is 5.28. The fraction of sp³-hybridized carbons (Fsp3) is 0.273. The summed E-state index contributed by atoms with van der Waals surface area (Å²) in [4.78, 5) is 9.23. The normalized spacial score (nSPS) is 15.5. The number of hydrogen-bond donors (Lipinski definition) is 0. The van der Waals surface area contributed by atoms with Crippen molar-refractivity contribution < 1.29 is 22.4 Å². The van der Waals surface area contributed by atoms with Crippen LogP contribution in [0.2, 0.25) is 0 Å². The smallest absolute Gasteiger partial charge is 0.297 e. The summed E-state index contributed by atoms with van der Waals surface area (Å²) in [6.07, 6.45) is 1.34. The summed E-state index contributed by atoms with van der Waals surface area (Å²) in [7, 11) is -3.72. The molecule has 92 valence electrons. The van der Waals surface area contributed by atoms with Gasteiger partial charge in [-0.15, -0.1) is 0 Å². The Morgan fingerprint density at radius 2 is 2.00 bits per heavy atom. The van der Waals surface area contributed by atoms with E-state index in [1.54, 1.807) is 12.1 Å². The molecule has 0 radical (unpaired) electrons. The Morgan fingerprint density at radius 3 is 2.59 bits per heavy atom. The molecule has 0 saturated heterocycles. The van der Waals surface area contributed by atoms with Gasteiger partial charge in [0.05, 0.1) is 11.5 Å². The highest BCUT2D eigenvalue weighted by Gasteiger charge is 2.17. The van der Waals surface area contributed by atoms with Crippen LogP contribution in [0.25, 0.3) is 0 Å². The van der Waals surface area contributed by atoms with Crippen LogP contribution < -0.4 is 0 Å². The SMILES string of the molecule is Cc1ccc(S(=O)(=O)OCC2=COOC2)cc1. The number of hydrogen-bond acceptors (Lipinski definition) is 5. The van der Waals surface area contributed by atoms with Gasteiger partial charge < -0.3 is 4.89 Å². The van der Waals surface area contributed by atoms with Crippen molar-refractivity contribution in [2.24, 2.45) is 0 Å². The molecule has 0 bridgehead atoms. The zero-order valence-corrected chi connectivity index (χ0v) is 10.1. The first-order valence-electron chi connectivity index (χ1n) is 5.00. The summed E-state index contributed by atoms with van der Waals surface area (Å²) in [6, 6.07) is 6.47. The molecule has 1 aromatic carbocycles. The van der Waals surface area contributed by atoms with Crippen molar-refractivity contribution in [2.45, 2.75) is 11.8 Å². The molecule has 2 rings (SSSR count). The Balaban J connectivity index is 2.05. The van der Waals surface area contributed by atoms with Gasteiger partial charge in [-0.2, -0.15) is 13.3 Å². The van der Waals surface area contributed by atoms with Crippen LogP contribution in [0.3, 0.4) is 0 Å². The average Bonchev–Trinajstić information content (AvgIpc) is 2.80. The van der Waals surface area contributed by atoms with Crippen molar-refractivity contribution >= 4 is 10.1 Å². The van der Waals surface area contributed by atoms with E-state index in [0.717, 1.165) is 5.56 Å². The molecular formula is C11H12O5S. The molecule has 17 heavy (non-hydrogen) atoms. The molecule has 0 saturated carbocycles. The van der Waals surface area contributed by atoms with Crippen molar-refractivity contribution in [3.05, 3.63) is 41.7 Å². The van der Waals surface area contributed by atoms with Crippen LogP contribution in [0.4, 0.5) is 0 Å². The van der Waals surface area contributed by atoms with Crippen molar-refractivity contribution in [2.75, 3.05) is 13.2 Å². The lowest BCUT2D eigenvalue weighted by Crippen LogP contribution is -2.09. The van der Waals surface area contributed by atoms with E-state index in [1.807, 2.05) is 6.92 Å². The first-order chi connectivity index (χ1) is 8.08. The molecule has 5 nitrogen and oxygen atoms in total. The minimum Gasteiger partial charge on any atom is -0.345 e. The van der Waals surface area contributed by atoms with E-state index in [0.29, 0.717) is 5.57 Å². The third kappa shape index (κ3) is 3.06. The van der Waals surface area contributed by atoms with Gasteiger partial charge in [-0.3, -0.25) is 4.18 Å². The third-order valence-corrected chi connectivity index (χ3v) is 3.51. The van der Waals surface area contributed by atoms with Crippen LogP contribution in [0, 0.1) is 6.92 Å². The Labute approximate surface area is 99.7 Å². The van der Waals surface area contributed by atoms with Gasteiger partial charge in [0.1, 0.15) is 12.9 Å². The second-order valence-electron chi connectivity index (χ2n) is 3.66. The molecule has 0 fully saturated rings. The zero-order chi connectivity index (χ0) is 12.3. The molecule has 1 aromatic rings. The molecule has 1 aliphatic heterocycles. The van der Waals surface area contributed by atoms with Gasteiger partial charge in [0.15, 0.2) is 0 Å². The molecule has 0 unspecified atom stereocenters. The van der Waals surface area contributed by atoms with Gasteiger partial charge in [-0.25, -0.2) is 0 Å². The Bertz CT molecular complexity index is 515. The van der Waals surface area contributed by atoms with Gasteiger partial charge in [0, 0.05) is 5.57 Å². The van der Waals surface area contributed by atoms with Crippen LogP contribution in [-0.4, -0.2) is 21.6 Å². The fourth-order valence-corrected chi connectivity index (χ4v) is 2.16. The summed E-state index contributed by atoms with van der Waals surface area (Å²) >= 11 is 0. The van der Waals surface area contributed by atoms with Gasteiger partial charge >= 0.3 is 0 Å². The van der Waals surface area contributed by atoms with E-state index in [9.17, 15) is 8.42 Å². The molecule has 0 N–H and O–H groups in total. The first-order valence-corrected chi connectivity index (χ1v) is 6.41. The van der Waals surface area contributed by atoms with Crippen LogP contribution in [0.1, 0.15) is 5.56 Å². The van der Waals surface area contributed by atoms with E-state index in [4.69, 9.17) is 4.18 Å². The van der Waals surface area contributed by atoms with Crippen LogP contribution in [-0.2, 0) is 24.1 Å². The zero-order valence-electron chi connectivity index (χ0n) is 9.25. The third-order valence-electron chi connectivity index (χ3n) is 2.24. The first kappa shape index (κ1) is 12.1. The van der Waals surface area contributed by atoms with Crippen LogP contribution in [0.5, 0.6) is 0 Å². The largest absolute Gasteiger partial charge is 0.345 e. The van der Waals surface area contributed by atoms with Gasteiger partial charge in [0.25, 0.3) is 10.1 Å². The highest BCUT2D eigenvalue weighted by atomic mass is 32.2. The average molecular weight is 256 g/mol. The van der Waals surface area contributed by atoms with Gasteiger partial charge in [-0.05, 0) is 19.1 Å². The minimum absolute atomic E-state index is 0.0593. The summed E-state index contributed by atoms with van der Waals surface area (Å²) in [5, 5.41) is 0. The molecule has 0 aliphatic carbocycles. The highest BCUT2D eigenvalue weighted by molar-refractivity contribution is 7.86. The Hall–Kier alpha value is -1.37. The van der Waals surface area contributed by atoms with Crippen molar-refractivity contribution in [1.29, 1.82) is 0 Å². The molecule has 0 aromatic heterocycles. The predicted octanol–water partition coefficient (Wildman–Crippen LogP) is 1.55. The predicted molar refractivity (Wildman–Crippen MR) is 59.4 cm³/mol. The minimum atomic E-state index is -3.72. The lowest BCUT2D eigenvalue weighted by molar-refractivity contribution is -0.222. The summed E-state index contributed by atoms with van der Waals surface area (Å²) < 4.78 is 28.4. The molecule has 6 heteroatoms. The maximum Gasteiger partial charge on any atom is 0.297 e. The maximum absolute atomic E-state index is 11.8. The van der Waals surface area contributed by atoms with E-state index in [1.165, 1.54) is 18.4 Å². The second kappa shape index (κ2) is 4.87. The van der Waals surface area contributed by atoms with E-state index < -0.39 is 10.1 Å². The van der Waals surface area contributed by atoms with Crippen LogP contribution in [0.15, 0.2) is 41.0 Å². The lowest BCUT2D eigenvalue weighted by atomic mass is 10.2. The molecule has 0 atom stereocenters. The quantitative estimate of drug-likeness (QED) is 0.604. The Kier molecular flexibility index (Phi) is 3.46. The Morgan fingerprint density at radius 1 is 1.29 bits per heavy atom. The van der Waals surface area contributed by atoms with Gasteiger partial charge in [0.2, 0.25) is 0 Å². The summed E-state index contributed by atoms with van der Waals surface area (Å²) in [6.45, 7) is 2.05. The molecular weight excluding hydrogens is 244 g/mol. The standard InChI is InChI=1S/C11H12O5S/c1-9-2-4-11(5-3-9)17(12,13)16-8-10-6-14-15-7-10/h2-6H,7-8H2,1H3. The van der Waals surface area contributed by atoms with E-state index in [2.05, 4.69) is 9.78 Å². The van der Waals surface area contributed by atoms with Gasteiger partial charge in [-0.1, -0.05) is 17.7 Å². The summed E-state index contributed by atoms with van der Waals surface area (Å²) in [5.74, 6) is 0. The van der Waals surface area contributed by atoms with E-state index >= 15 is 0 Å². The molecule has 1 aliphatic rings. The number of benzene rings is 1. The fourth-order valence-electron chi connectivity index (χ4n) is 1.25. The van der Waals surface area contributed by atoms with E-state index in [-0.39, 0.29) is 18.1 Å². The topological polar surface area (TPSA) is 61.8 Å².